The Morgan fingerprint density at radius 1 is 1.14 bits per heavy atom. The van der Waals surface area contributed by atoms with Crippen LogP contribution in [0.15, 0.2) is 36.5 Å². The van der Waals surface area contributed by atoms with Crippen molar-refractivity contribution in [2.45, 2.75) is 6.92 Å². The molecule has 0 atom stereocenters. The summed E-state index contributed by atoms with van der Waals surface area (Å²) in [5, 5.41) is 10.1. The molecule has 0 aliphatic rings. The maximum atomic E-state index is 12.2. The average Bonchev–Trinajstić information content (AvgIpc) is 2.99. The molecule has 9 heteroatoms. The highest BCUT2D eigenvalue weighted by molar-refractivity contribution is 5.98. The summed E-state index contributed by atoms with van der Waals surface area (Å²) in [6, 6.07) is 7.98. The quantitative estimate of drug-likeness (QED) is 0.646. The van der Waals surface area contributed by atoms with Crippen LogP contribution >= 0.6 is 0 Å². The number of rotatable bonds is 5. The zero-order valence-corrected chi connectivity index (χ0v) is 15.6. The van der Waals surface area contributed by atoms with E-state index in [0.29, 0.717) is 16.9 Å². The number of hydrogen-bond donors (Lipinski definition) is 2. The van der Waals surface area contributed by atoms with Gasteiger partial charge in [0.15, 0.2) is 12.3 Å². The molecule has 9 nitrogen and oxygen atoms in total. The molecule has 0 radical (unpaired) electrons. The first kappa shape index (κ1) is 19.0. The summed E-state index contributed by atoms with van der Waals surface area (Å²) in [4.78, 5) is 39.9. The third-order valence-electron chi connectivity index (χ3n) is 4.09. The number of aryl methyl sites for hydroxylation is 2. The number of fused-ring (bicyclic) bond motifs is 1. The van der Waals surface area contributed by atoms with Crippen LogP contribution in [0.25, 0.3) is 11.0 Å². The number of amides is 2. The van der Waals surface area contributed by atoms with E-state index in [0.717, 1.165) is 11.1 Å². The molecule has 0 aliphatic carbocycles. The van der Waals surface area contributed by atoms with Crippen molar-refractivity contribution in [1.29, 1.82) is 0 Å². The molecular formula is C19H19N5O4. The molecule has 3 rings (SSSR count). The minimum absolute atomic E-state index is 0.221. The van der Waals surface area contributed by atoms with Crippen LogP contribution in [0.3, 0.4) is 0 Å². The van der Waals surface area contributed by atoms with E-state index in [9.17, 15) is 14.4 Å². The molecule has 0 saturated carbocycles. The minimum Gasteiger partial charge on any atom is -0.452 e. The van der Waals surface area contributed by atoms with E-state index in [2.05, 4.69) is 20.7 Å². The maximum absolute atomic E-state index is 12.2. The van der Waals surface area contributed by atoms with Gasteiger partial charge in [0.05, 0.1) is 11.3 Å². The normalized spacial score (nSPS) is 10.5. The second kappa shape index (κ2) is 7.87. The van der Waals surface area contributed by atoms with Gasteiger partial charge in [-0.3, -0.25) is 14.3 Å². The van der Waals surface area contributed by atoms with E-state index >= 15 is 0 Å². The van der Waals surface area contributed by atoms with Crippen LogP contribution < -0.4 is 10.6 Å². The van der Waals surface area contributed by atoms with Crippen LogP contribution in [0.1, 0.15) is 26.4 Å². The number of anilines is 1. The molecule has 2 N–H and O–H groups in total. The molecule has 0 unspecified atom stereocenters. The van der Waals surface area contributed by atoms with Gasteiger partial charge in [0.25, 0.3) is 11.8 Å². The fourth-order valence-corrected chi connectivity index (χ4v) is 2.68. The number of nitrogens with one attached hydrogen (secondary N) is 2. The van der Waals surface area contributed by atoms with Crippen molar-refractivity contribution in [3.63, 3.8) is 0 Å². The number of hydrogen-bond acceptors (Lipinski definition) is 6. The van der Waals surface area contributed by atoms with Crippen LogP contribution in [0.2, 0.25) is 0 Å². The summed E-state index contributed by atoms with van der Waals surface area (Å²) < 4.78 is 6.68. The lowest BCUT2D eigenvalue weighted by Gasteiger charge is -2.07. The van der Waals surface area contributed by atoms with E-state index in [1.165, 1.54) is 13.2 Å². The van der Waals surface area contributed by atoms with E-state index < -0.39 is 18.5 Å². The number of esters is 1. The monoisotopic (exact) mass is 381 g/mol. The van der Waals surface area contributed by atoms with E-state index in [1.807, 2.05) is 6.92 Å². The molecule has 0 spiro atoms. The van der Waals surface area contributed by atoms with Crippen LogP contribution in [-0.4, -0.2) is 46.2 Å². The summed E-state index contributed by atoms with van der Waals surface area (Å²) >= 11 is 0. The van der Waals surface area contributed by atoms with E-state index in [1.54, 1.807) is 42.1 Å². The van der Waals surface area contributed by atoms with Crippen molar-refractivity contribution in [2.75, 3.05) is 19.0 Å². The van der Waals surface area contributed by atoms with Crippen LogP contribution in [-0.2, 0) is 16.6 Å². The number of pyridine rings is 1. The number of benzene rings is 1. The number of nitrogens with zero attached hydrogens (tertiary/aromatic N) is 3. The van der Waals surface area contributed by atoms with Gasteiger partial charge in [-0.15, -0.1) is 0 Å². The second-order valence-corrected chi connectivity index (χ2v) is 6.08. The SMILES string of the molecule is CNC(=O)c1ccc(NC(=O)COC(=O)c2cnc3c(c2)c(C)nn3C)cc1. The van der Waals surface area contributed by atoms with E-state index in [4.69, 9.17) is 4.74 Å². The number of carbonyl (C=O) groups excluding carboxylic acids is 3. The highest BCUT2D eigenvalue weighted by Gasteiger charge is 2.14. The van der Waals surface area contributed by atoms with E-state index in [-0.39, 0.29) is 11.5 Å². The molecular weight excluding hydrogens is 362 g/mol. The van der Waals surface area contributed by atoms with Gasteiger partial charge >= 0.3 is 5.97 Å². The van der Waals surface area contributed by atoms with Gasteiger partial charge in [-0.1, -0.05) is 0 Å². The highest BCUT2D eigenvalue weighted by atomic mass is 16.5. The zero-order valence-electron chi connectivity index (χ0n) is 15.6. The van der Waals surface area contributed by atoms with Crippen molar-refractivity contribution in [1.82, 2.24) is 20.1 Å². The van der Waals surface area contributed by atoms with Gasteiger partial charge in [0.2, 0.25) is 0 Å². The molecule has 2 heterocycles. The molecule has 3 aromatic rings. The average molecular weight is 381 g/mol. The van der Waals surface area contributed by atoms with Gasteiger partial charge < -0.3 is 15.4 Å². The first-order chi connectivity index (χ1) is 13.4. The first-order valence-electron chi connectivity index (χ1n) is 8.47. The lowest BCUT2D eigenvalue weighted by atomic mass is 10.2. The summed E-state index contributed by atoms with van der Waals surface area (Å²) in [7, 11) is 3.31. The second-order valence-electron chi connectivity index (χ2n) is 6.08. The Bertz CT molecular complexity index is 1060. The van der Waals surface area contributed by atoms with Crippen molar-refractivity contribution in [3.05, 3.63) is 53.3 Å². The van der Waals surface area contributed by atoms with Crippen LogP contribution in [0.5, 0.6) is 0 Å². The molecule has 0 bridgehead atoms. The molecule has 0 saturated heterocycles. The molecule has 0 aliphatic heterocycles. The van der Waals surface area contributed by atoms with Crippen LogP contribution in [0.4, 0.5) is 5.69 Å². The summed E-state index contributed by atoms with van der Waals surface area (Å²) in [6.45, 7) is 1.38. The van der Waals surface area contributed by atoms with Crippen LogP contribution in [0, 0.1) is 6.92 Å². The smallest absolute Gasteiger partial charge is 0.340 e. The van der Waals surface area contributed by atoms with Crippen molar-refractivity contribution < 1.29 is 19.1 Å². The third kappa shape index (κ3) is 3.98. The Balaban J connectivity index is 1.59. The molecule has 2 amide bonds. The standard InChI is InChI=1S/C19H19N5O4/c1-11-15-8-13(9-21-17(15)24(3)23-11)19(27)28-10-16(25)22-14-6-4-12(5-7-14)18(26)20-2/h4-9H,10H2,1-3H3,(H,20,26)(H,22,25). The Morgan fingerprint density at radius 2 is 1.86 bits per heavy atom. The lowest BCUT2D eigenvalue weighted by Crippen LogP contribution is -2.21. The number of carbonyl (C=O) groups is 3. The molecule has 0 fully saturated rings. The molecule has 144 valence electrons. The Labute approximate surface area is 160 Å². The number of ether oxygens (including phenoxy) is 1. The summed E-state index contributed by atoms with van der Waals surface area (Å²) in [6.07, 6.45) is 1.39. The topological polar surface area (TPSA) is 115 Å². The largest absolute Gasteiger partial charge is 0.452 e. The fraction of sp³-hybridized carbons (Fsp3) is 0.211. The van der Waals surface area contributed by atoms with Crippen molar-refractivity contribution in [3.8, 4) is 0 Å². The predicted molar refractivity (Wildman–Crippen MR) is 102 cm³/mol. The molecule has 2 aromatic heterocycles. The van der Waals surface area contributed by atoms with Gasteiger partial charge in [-0.2, -0.15) is 5.10 Å². The molecule has 28 heavy (non-hydrogen) atoms. The number of aromatic nitrogens is 3. The predicted octanol–water partition coefficient (Wildman–Crippen LogP) is 1.43. The van der Waals surface area contributed by atoms with Gasteiger partial charge in [-0.25, -0.2) is 9.78 Å². The Morgan fingerprint density at radius 3 is 2.54 bits per heavy atom. The molecule has 1 aromatic carbocycles. The lowest BCUT2D eigenvalue weighted by molar-refractivity contribution is -0.119. The zero-order chi connectivity index (χ0) is 20.3. The van der Waals surface area contributed by atoms with Crippen molar-refractivity contribution in [2.24, 2.45) is 7.05 Å². The first-order valence-corrected chi connectivity index (χ1v) is 8.47. The van der Waals surface area contributed by atoms with Crippen molar-refractivity contribution >= 4 is 34.5 Å². The summed E-state index contributed by atoms with van der Waals surface area (Å²) in [5.74, 6) is -1.36. The Kier molecular flexibility index (Phi) is 5.35. The summed E-state index contributed by atoms with van der Waals surface area (Å²) in [5.41, 5.74) is 2.61. The maximum Gasteiger partial charge on any atom is 0.340 e. The third-order valence-corrected chi connectivity index (χ3v) is 4.09. The highest BCUT2D eigenvalue weighted by Crippen LogP contribution is 2.17. The fourth-order valence-electron chi connectivity index (χ4n) is 2.68. The Hall–Kier alpha value is -3.75. The van der Waals surface area contributed by atoms with Gasteiger partial charge in [0, 0.05) is 36.9 Å². The van der Waals surface area contributed by atoms with Gasteiger partial charge in [-0.05, 0) is 37.3 Å². The minimum atomic E-state index is -0.650. The van der Waals surface area contributed by atoms with Gasteiger partial charge in [0.1, 0.15) is 0 Å².